The molecule has 1 aliphatic heterocycles. The third kappa shape index (κ3) is 3.15. The molecule has 0 saturated carbocycles. The molecule has 0 bridgehead atoms. The van der Waals surface area contributed by atoms with E-state index in [1.807, 2.05) is 0 Å². The van der Waals surface area contributed by atoms with Crippen molar-refractivity contribution in [3.05, 3.63) is 28.2 Å². The number of ether oxygens (including phenoxy) is 1. The third-order valence-corrected chi connectivity index (χ3v) is 3.53. The van der Waals surface area contributed by atoms with E-state index in [4.69, 9.17) is 27.9 Å². The monoisotopic (exact) mass is 318 g/mol. The summed E-state index contributed by atoms with van der Waals surface area (Å²) in [6, 6.07) is 3.91. The molecule has 1 saturated heterocycles. The predicted molar refractivity (Wildman–Crippen MR) is 74.4 cm³/mol. The second-order valence-corrected chi connectivity index (χ2v) is 5.24. The summed E-state index contributed by atoms with van der Waals surface area (Å²) in [7, 11) is 0. The quantitative estimate of drug-likeness (QED) is 0.798. The van der Waals surface area contributed by atoms with E-state index in [0.717, 1.165) is 0 Å². The minimum Gasteiger partial charge on any atom is -0.479 e. The largest absolute Gasteiger partial charge is 0.479 e. The van der Waals surface area contributed by atoms with Crippen LogP contribution in [0.1, 0.15) is 6.42 Å². The number of anilines is 1. The molecule has 1 atom stereocenters. The molecule has 1 aromatic carbocycles. The number of hydrogen-bond acceptors (Lipinski definition) is 3. The molecule has 2 rings (SSSR count). The van der Waals surface area contributed by atoms with Crippen LogP contribution in [0.25, 0.3) is 0 Å². The molecule has 20 heavy (non-hydrogen) atoms. The molecule has 8 heteroatoms. The molecule has 0 aliphatic carbocycles. The first-order valence-corrected chi connectivity index (χ1v) is 6.54. The van der Waals surface area contributed by atoms with Crippen LogP contribution < -0.4 is 10.6 Å². The van der Waals surface area contributed by atoms with Crippen molar-refractivity contribution in [3.8, 4) is 0 Å². The summed E-state index contributed by atoms with van der Waals surface area (Å²) in [5.41, 5.74) is -1.11. The number of carbonyl (C=O) groups is 2. The van der Waals surface area contributed by atoms with E-state index in [0.29, 0.717) is 15.7 Å². The summed E-state index contributed by atoms with van der Waals surface area (Å²) < 4.78 is 5.05. The molecule has 1 heterocycles. The lowest BCUT2D eigenvalue weighted by Gasteiger charge is -2.23. The molecule has 3 N–H and O–H groups in total. The molecule has 2 amide bonds. The van der Waals surface area contributed by atoms with Crippen LogP contribution in [-0.2, 0) is 9.53 Å². The number of hydrogen-bond donors (Lipinski definition) is 3. The number of carboxylic acids is 1. The van der Waals surface area contributed by atoms with Gasteiger partial charge >= 0.3 is 12.0 Å². The van der Waals surface area contributed by atoms with Crippen LogP contribution in [0.2, 0.25) is 10.0 Å². The van der Waals surface area contributed by atoms with Crippen molar-refractivity contribution in [2.24, 2.45) is 0 Å². The fraction of sp³-hybridized carbons (Fsp3) is 0.333. The molecule has 0 radical (unpaired) electrons. The molecule has 1 aliphatic rings. The number of carbonyl (C=O) groups excluding carboxylic acids is 1. The minimum atomic E-state index is -1.41. The average Bonchev–Trinajstić information content (AvgIpc) is 2.83. The van der Waals surface area contributed by atoms with Crippen LogP contribution in [0, 0.1) is 0 Å². The molecule has 1 aromatic rings. The molecule has 0 aromatic heterocycles. The molecule has 6 nitrogen and oxygen atoms in total. The maximum Gasteiger partial charge on any atom is 0.332 e. The van der Waals surface area contributed by atoms with E-state index >= 15 is 0 Å². The van der Waals surface area contributed by atoms with Gasteiger partial charge in [-0.25, -0.2) is 9.59 Å². The third-order valence-electron chi connectivity index (χ3n) is 2.96. The molecule has 108 valence electrons. The summed E-state index contributed by atoms with van der Waals surface area (Å²) in [5.74, 6) is -1.14. The summed E-state index contributed by atoms with van der Waals surface area (Å²) in [6.45, 7) is 0.212. The van der Waals surface area contributed by atoms with Crippen LogP contribution >= 0.6 is 23.2 Å². The van der Waals surface area contributed by atoms with Crippen LogP contribution in [-0.4, -0.2) is 35.9 Å². The zero-order valence-electron chi connectivity index (χ0n) is 10.3. The van der Waals surface area contributed by atoms with Crippen molar-refractivity contribution in [3.63, 3.8) is 0 Å². The van der Waals surface area contributed by atoms with Gasteiger partial charge in [0.05, 0.1) is 17.3 Å². The van der Waals surface area contributed by atoms with Crippen LogP contribution in [0.5, 0.6) is 0 Å². The van der Waals surface area contributed by atoms with Gasteiger partial charge in [-0.1, -0.05) is 23.2 Å². The van der Waals surface area contributed by atoms with Crippen LogP contribution in [0.4, 0.5) is 10.5 Å². The standard InChI is InChI=1S/C12H12Cl2N2O4/c13-7-1-2-8(14)9(5-7)15-11(19)16-12(10(17)18)3-4-20-6-12/h1-2,5H,3-4,6H2,(H,17,18)(H2,15,16,19). The topological polar surface area (TPSA) is 87.7 Å². The van der Waals surface area contributed by atoms with Gasteiger partial charge in [0.2, 0.25) is 0 Å². The van der Waals surface area contributed by atoms with E-state index < -0.39 is 17.5 Å². The summed E-state index contributed by atoms with van der Waals surface area (Å²) in [4.78, 5) is 23.2. The number of urea groups is 1. The van der Waals surface area contributed by atoms with Crippen LogP contribution in [0.3, 0.4) is 0 Å². The molecule has 0 spiro atoms. The molecule has 1 fully saturated rings. The highest BCUT2D eigenvalue weighted by Gasteiger charge is 2.44. The Morgan fingerprint density at radius 2 is 2.10 bits per heavy atom. The van der Waals surface area contributed by atoms with Crippen LogP contribution in [0.15, 0.2) is 18.2 Å². The lowest BCUT2D eigenvalue weighted by atomic mass is 9.99. The molecular formula is C12H12Cl2N2O4. The Kier molecular flexibility index (Phi) is 4.37. The van der Waals surface area contributed by atoms with Crippen molar-refractivity contribution < 1.29 is 19.4 Å². The first kappa shape index (κ1) is 14.9. The fourth-order valence-electron chi connectivity index (χ4n) is 1.85. The second kappa shape index (κ2) is 5.87. The normalized spacial score (nSPS) is 21.5. The van der Waals surface area contributed by atoms with Gasteiger partial charge in [0, 0.05) is 18.1 Å². The van der Waals surface area contributed by atoms with E-state index in [-0.39, 0.29) is 19.6 Å². The minimum absolute atomic E-state index is 0.0704. The smallest absolute Gasteiger partial charge is 0.332 e. The Morgan fingerprint density at radius 1 is 1.35 bits per heavy atom. The van der Waals surface area contributed by atoms with Gasteiger partial charge < -0.3 is 20.5 Å². The average molecular weight is 319 g/mol. The Labute approximate surface area is 125 Å². The van der Waals surface area contributed by atoms with Gasteiger partial charge in [0.15, 0.2) is 5.54 Å². The van der Waals surface area contributed by atoms with Crippen molar-refractivity contribution in [2.75, 3.05) is 18.5 Å². The number of rotatable bonds is 3. The van der Waals surface area contributed by atoms with E-state index in [1.165, 1.54) is 12.1 Å². The Hall–Kier alpha value is -1.50. The zero-order valence-corrected chi connectivity index (χ0v) is 11.8. The molecular weight excluding hydrogens is 307 g/mol. The number of aliphatic carboxylic acids is 1. The highest BCUT2D eigenvalue weighted by atomic mass is 35.5. The fourth-order valence-corrected chi connectivity index (χ4v) is 2.19. The number of amides is 2. The van der Waals surface area contributed by atoms with Gasteiger partial charge in [-0.15, -0.1) is 0 Å². The summed E-state index contributed by atoms with van der Waals surface area (Å²) in [6.07, 6.45) is 0.207. The van der Waals surface area contributed by atoms with Gasteiger partial charge in [-0.2, -0.15) is 0 Å². The van der Waals surface area contributed by atoms with Gasteiger partial charge in [0.25, 0.3) is 0 Å². The van der Waals surface area contributed by atoms with Gasteiger partial charge in [-0.3, -0.25) is 0 Å². The highest BCUT2D eigenvalue weighted by molar-refractivity contribution is 6.35. The first-order chi connectivity index (χ1) is 9.43. The molecule has 1 unspecified atom stereocenters. The van der Waals surface area contributed by atoms with Gasteiger partial charge in [0.1, 0.15) is 0 Å². The number of nitrogens with one attached hydrogen (secondary N) is 2. The van der Waals surface area contributed by atoms with E-state index in [9.17, 15) is 14.7 Å². The maximum atomic E-state index is 11.9. The lowest BCUT2D eigenvalue weighted by molar-refractivity contribution is -0.144. The number of benzene rings is 1. The van der Waals surface area contributed by atoms with Crippen molar-refractivity contribution in [1.82, 2.24) is 5.32 Å². The maximum absolute atomic E-state index is 11.9. The Bertz CT molecular complexity index is 544. The predicted octanol–water partition coefficient (Wildman–Crippen LogP) is 2.36. The number of carboxylic acid groups (broad SMARTS) is 1. The number of halogens is 2. The second-order valence-electron chi connectivity index (χ2n) is 4.39. The van der Waals surface area contributed by atoms with Crippen molar-refractivity contribution in [1.29, 1.82) is 0 Å². The lowest BCUT2D eigenvalue weighted by Crippen LogP contribution is -2.56. The van der Waals surface area contributed by atoms with E-state index in [1.54, 1.807) is 6.07 Å². The Morgan fingerprint density at radius 3 is 2.70 bits per heavy atom. The Balaban J connectivity index is 2.08. The first-order valence-electron chi connectivity index (χ1n) is 5.78. The SMILES string of the molecule is O=C(Nc1cc(Cl)ccc1Cl)NC1(C(=O)O)CCOC1. The summed E-state index contributed by atoms with van der Waals surface area (Å²) >= 11 is 11.7. The van der Waals surface area contributed by atoms with Crippen molar-refractivity contribution in [2.45, 2.75) is 12.0 Å². The summed E-state index contributed by atoms with van der Waals surface area (Å²) in [5, 5.41) is 14.8. The van der Waals surface area contributed by atoms with Gasteiger partial charge in [-0.05, 0) is 18.2 Å². The van der Waals surface area contributed by atoms with Crippen molar-refractivity contribution >= 4 is 40.9 Å². The highest BCUT2D eigenvalue weighted by Crippen LogP contribution is 2.26. The van der Waals surface area contributed by atoms with E-state index in [2.05, 4.69) is 10.6 Å². The zero-order chi connectivity index (χ0) is 14.8.